The van der Waals surface area contributed by atoms with Crippen LogP contribution in [0.15, 0.2) is 11.1 Å². The first-order valence-electron chi connectivity index (χ1n) is 19.7. The third-order valence-corrected chi connectivity index (χ3v) is 15.9. The first kappa shape index (κ1) is 53.7. The molecule has 4 atom stereocenters. The van der Waals surface area contributed by atoms with Crippen molar-refractivity contribution < 1.29 is 61.0 Å². The van der Waals surface area contributed by atoms with Crippen LogP contribution in [0.1, 0.15) is 81.7 Å². The molecule has 0 radical (unpaired) electrons. The number of imidazole rings is 1. The fourth-order valence-corrected chi connectivity index (χ4v) is 10.7. The van der Waals surface area contributed by atoms with Gasteiger partial charge in [0, 0.05) is 59.9 Å². The van der Waals surface area contributed by atoms with E-state index in [1.54, 1.807) is 62.3 Å². The van der Waals surface area contributed by atoms with E-state index >= 15 is 0 Å². The number of aromatic nitrogens is 4. The van der Waals surface area contributed by atoms with Crippen LogP contribution in [0.5, 0.6) is 0 Å². The average molecular weight is 971 g/mol. The highest BCUT2D eigenvalue weighted by molar-refractivity contribution is 8.14. The van der Waals surface area contributed by atoms with E-state index in [1.165, 1.54) is 15.8 Å². The number of rotatable bonds is 21. The van der Waals surface area contributed by atoms with E-state index in [0.717, 1.165) is 42.2 Å². The largest absolute Gasteiger partial charge is 0.447 e. The van der Waals surface area contributed by atoms with Gasteiger partial charge in [-0.05, 0) is 0 Å². The fourth-order valence-electron chi connectivity index (χ4n) is 5.38. The van der Waals surface area contributed by atoms with E-state index in [-0.39, 0.29) is 95.2 Å². The number of anilines is 1. The molecule has 62 heavy (non-hydrogen) atoms. The van der Waals surface area contributed by atoms with Gasteiger partial charge in [-0.15, -0.1) is 0 Å². The summed E-state index contributed by atoms with van der Waals surface area (Å²) in [5.41, 5.74) is 3.37. The molecule has 0 bridgehead atoms. The molecule has 0 saturated carbocycles. The van der Waals surface area contributed by atoms with Crippen LogP contribution in [0, 0.1) is 16.2 Å². The van der Waals surface area contributed by atoms with Crippen molar-refractivity contribution in [3.63, 3.8) is 0 Å². The average Bonchev–Trinajstić information content (AvgIpc) is 3.77. The smallest absolute Gasteiger partial charge is 0.370 e. The highest BCUT2D eigenvalue weighted by Gasteiger charge is 2.42. The summed E-state index contributed by atoms with van der Waals surface area (Å²) < 4.78 is 56.9. The number of aromatic amines is 1. The van der Waals surface area contributed by atoms with Crippen LogP contribution >= 0.6 is 50.5 Å². The van der Waals surface area contributed by atoms with Gasteiger partial charge in [-0.2, -0.15) is 4.98 Å². The molecule has 350 valence electrons. The second-order valence-corrected chi connectivity index (χ2v) is 24.7. The number of ether oxygens (including phenoxy) is 2. The maximum atomic E-state index is 14.1. The molecule has 1 saturated heterocycles. The maximum absolute atomic E-state index is 14.1. The van der Waals surface area contributed by atoms with Gasteiger partial charge < -0.3 is 43.1 Å². The molecule has 1 aliphatic rings. The minimum absolute atomic E-state index is 0.0493. The molecule has 0 aliphatic carbocycles. The Morgan fingerprint density at radius 2 is 1.37 bits per heavy atom. The number of hydrogen-bond donors (Lipinski definition) is 3. The van der Waals surface area contributed by atoms with Crippen LogP contribution in [0.25, 0.3) is 11.2 Å². The predicted octanol–water partition coefficient (Wildman–Crippen LogP) is 5.10. The molecule has 2 aromatic rings. The Morgan fingerprint density at radius 1 is 0.871 bits per heavy atom. The normalized spacial score (nSPS) is 17.8. The van der Waals surface area contributed by atoms with E-state index < -0.39 is 73.5 Å². The first-order valence-corrected chi connectivity index (χ1v) is 26.0. The van der Waals surface area contributed by atoms with E-state index in [1.807, 2.05) is 0 Å². The molecule has 2 aromatic heterocycles. The Hall–Kier alpha value is -2.59. The van der Waals surface area contributed by atoms with E-state index in [2.05, 4.69) is 15.0 Å². The van der Waals surface area contributed by atoms with Crippen molar-refractivity contribution >= 4 is 94.8 Å². The lowest BCUT2D eigenvalue weighted by Gasteiger charge is -2.26. The molecule has 3 unspecified atom stereocenters. The zero-order valence-corrected chi connectivity index (χ0v) is 41.1. The van der Waals surface area contributed by atoms with Gasteiger partial charge in [0.15, 0.2) is 26.5 Å². The third-order valence-electron chi connectivity index (χ3n) is 8.75. The van der Waals surface area contributed by atoms with Crippen molar-refractivity contribution in [3.05, 3.63) is 16.7 Å². The number of H-pyrrole nitrogens is 1. The van der Waals surface area contributed by atoms with E-state index in [9.17, 15) is 42.8 Å². The maximum Gasteiger partial charge on any atom is 0.370 e. The number of esters is 1. The standard InChI is InChI=1S/C37H60N6O14P2S3/c1-23(44)57-27(59(51,52)56-14-18-62-33(49)37(8,9)10)21-53-25-20-42(19-24(25)43-22-39-28-29(43)40-34(38)41-30(28)46)26(45)11-15-58(50,54-12-16-60-31(47)35(2,3)4)55-13-17-61-32(48)36(5,6)7/h22,24-25,27H,11-21H2,1-10H3,(H,51,52)(H3,38,40,41,46)/t24?,25-,27?/m0/s1. The molecule has 0 aromatic carbocycles. The van der Waals surface area contributed by atoms with Crippen molar-refractivity contribution in [1.82, 2.24) is 24.4 Å². The van der Waals surface area contributed by atoms with Crippen LogP contribution < -0.4 is 11.3 Å². The van der Waals surface area contributed by atoms with Crippen molar-refractivity contribution in [3.8, 4) is 0 Å². The van der Waals surface area contributed by atoms with Gasteiger partial charge in [-0.1, -0.05) is 97.6 Å². The van der Waals surface area contributed by atoms with Gasteiger partial charge in [0.05, 0.1) is 51.1 Å². The van der Waals surface area contributed by atoms with Crippen molar-refractivity contribution in [1.29, 1.82) is 0 Å². The summed E-state index contributed by atoms with van der Waals surface area (Å²) >= 11 is 2.97. The Labute approximate surface area is 374 Å². The second kappa shape index (κ2) is 22.5. The molecular weight excluding hydrogens is 911 g/mol. The first-order chi connectivity index (χ1) is 28.5. The van der Waals surface area contributed by atoms with Crippen LogP contribution in [-0.2, 0) is 56.1 Å². The van der Waals surface area contributed by atoms with Crippen molar-refractivity contribution in [2.45, 2.75) is 93.6 Å². The monoisotopic (exact) mass is 970 g/mol. The lowest BCUT2D eigenvalue weighted by Crippen LogP contribution is -2.33. The van der Waals surface area contributed by atoms with Gasteiger partial charge in [0.2, 0.25) is 17.7 Å². The number of hydrogen-bond acceptors (Lipinski definition) is 19. The van der Waals surface area contributed by atoms with Crippen LogP contribution in [0.4, 0.5) is 5.95 Å². The van der Waals surface area contributed by atoms with Crippen LogP contribution in [-0.4, -0.2) is 131 Å². The van der Waals surface area contributed by atoms with E-state index in [4.69, 9.17) is 28.8 Å². The summed E-state index contributed by atoms with van der Waals surface area (Å²) in [5, 5.41) is -0.329. The molecule has 1 amide bonds. The highest BCUT2D eigenvalue weighted by atomic mass is 32.2. The van der Waals surface area contributed by atoms with Gasteiger partial charge >= 0.3 is 21.2 Å². The molecule has 3 rings (SSSR count). The van der Waals surface area contributed by atoms with Gasteiger partial charge in [-0.3, -0.25) is 42.9 Å². The Balaban J connectivity index is 1.82. The van der Waals surface area contributed by atoms with Gasteiger partial charge in [-0.25, -0.2) is 4.98 Å². The number of nitrogens with two attached hydrogens (primary N) is 1. The second-order valence-electron chi connectivity index (χ2n) is 17.4. The van der Waals surface area contributed by atoms with Crippen LogP contribution in [0.2, 0.25) is 0 Å². The molecule has 25 heteroatoms. The van der Waals surface area contributed by atoms with Gasteiger partial charge in [0.1, 0.15) is 0 Å². The topological polar surface area (TPSA) is 279 Å². The molecule has 1 fully saturated rings. The van der Waals surface area contributed by atoms with Crippen molar-refractivity contribution in [2.24, 2.45) is 16.2 Å². The molecule has 4 N–H and O–H groups in total. The summed E-state index contributed by atoms with van der Waals surface area (Å²) in [6.07, 6.45) is -0.373. The summed E-state index contributed by atoms with van der Waals surface area (Å²) in [6, 6.07) is -0.830. The third kappa shape index (κ3) is 16.4. The summed E-state index contributed by atoms with van der Waals surface area (Å²) in [6.45, 7) is 15.4. The molecule has 1 aliphatic heterocycles. The number of thioether (sulfide) groups is 3. The quantitative estimate of drug-likeness (QED) is 0.0834. The lowest BCUT2D eigenvalue weighted by molar-refractivity contribution is -0.147. The molecule has 20 nitrogen and oxygen atoms in total. The number of nitrogens with one attached hydrogen (secondary N) is 1. The number of carbonyl (C=O) groups is 5. The fraction of sp³-hybridized carbons (Fsp3) is 0.730. The molecule has 3 heterocycles. The molecule has 0 spiro atoms. The highest BCUT2D eigenvalue weighted by Crippen LogP contribution is 2.50. The minimum atomic E-state index is -4.73. The Morgan fingerprint density at radius 3 is 1.85 bits per heavy atom. The summed E-state index contributed by atoms with van der Waals surface area (Å²) in [7, 11) is -8.70. The number of likely N-dealkylation sites (tertiary alicyclic amines) is 1. The Bertz CT molecular complexity index is 2040. The SMILES string of the molecule is CC(=O)OC(CO[C@H]1CN(C(=O)CCP(=O)(OCCSC(=O)C(C)(C)C)OCCSC(=O)C(C)(C)C)CC1n1cnc2c(=O)[nH]c(N)nc21)P(=O)(O)OCCSC(=O)C(C)(C)C. The van der Waals surface area contributed by atoms with Crippen molar-refractivity contribution in [2.75, 3.05) is 68.7 Å². The number of carbonyl (C=O) groups excluding carboxylic acids is 5. The number of nitrogens with zero attached hydrogens (tertiary/aromatic N) is 4. The zero-order chi connectivity index (χ0) is 46.8. The number of amides is 1. The predicted molar refractivity (Wildman–Crippen MR) is 239 cm³/mol. The Kier molecular flexibility index (Phi) is 19.5. The van der Waals surface area contributed by atoms with E-state index in [0.29, 0.717) is 0 Å². The summed E-state index contributed by atoms with van der Waals surface area (Å²) in [4.78, 5) is 98.9. The summed E-state index contributed by atoms with van der Waals surface area (Å²) in [5.74, 6) is -3.02. The van der Waals surface area contributed by atoms with Crippen LogP contribution in [0.3, 0.4) is 0 Å². The minimum Gasteiger partial charge on any atom is -0.447 e. The number of nitrogen functional groups attached to an aromatic ring is 1. The lowest BCUT2D eigenvalue weighted by atomic mass is 9.99. The number of fused-ring (bicyclic) bond motifs is 1. The zero-order valence-electron chi connectivity index (χ0n) is 36.8. The molecular formula is C37H60N6O14P2S3. The van der Waals surface area contributed by atoms with Gasteiger partial charge in [0.25, 0.3) is 5.56 Å².